The normalized spacial score (nSPS) is 12.0. The zero-order valence-electron chi connectivity index (χ0n) is 14.6. The first-order valence-corrected chi connectivity index (χ1v) is 8.29. The maximum atomic E-state index is 12.3. The van der Waals surface area contributed by atoms with Crippen LogP contribution < -0.4 is 22.3 Å². The molecule has 0 aliphatic carbocycles. The van der Waals surface area contributed by atoms with Crippen LogP contribution in [-0.4, -0.2) is 32.4 Å². The summed E-state index contributed by atoms with van der Waals surface area (Å²) < 4.78 is 1.07. The average molecular weight is 369 g/mol. The van der Waals surface area contributed by atoms with E-state index in [1.54, 1.807) is 6.20 Å². The van der Waals surface area contributed by atoms with Crippen molar-refractivity contribution in [2.75, 3.05) is 0 Å². The highest BCUT2D eigenvalue weighted by molar-refractivity contribution is 5.88. The fourth-order valence-electron chi connectivity index (χ4n) is 2.87. The van der Waals surface area contributed by atoms with Crippen LogP contribution in [0.4, 0.5) is 0 Å². The fraction of sp³-hybridized carbons (Fsp3) is 0.222. The summed E-state index contributed by atoms with van der Waals surface area (Å²) in [5, 5.41) is 3.49. The highest BCUT2D eigenvalue weighted by atomic mass is 16.2. The molecule has 0 unspecified atom stereocenters. The molecule has 0 saturated carbocycles. The smallest absolute Gasteiger partial charge is 0.328 e. The summed E-state index contributed by atoms with van der Waals surface area (Å²) in [6.45, 7) is 1.18. The van der Waals surface area contributed by atoms with Crippen LogP contribution in [0.1, 0.15) is 11.1 Å². The number of aromatic amines is 2. The van der Waals surface area contributed by atoms with Gasteiger partial charge in [-0.15, -0.1) is 0 Å². The molecular weight excluding hydrogens is 350 g/mol. The first-order valence-electron chi connectivity index (χ1n) is 8.29. The van der Waals surface area contributed by atoms with E-state index in [4.69, 9.17) is 5.73 Å². The average Bonchev–Trinajstić information content (AvgIpc) is 3.02. The van der Waals surface area contributed by atoms with Gasteiger partial charge in [0, 0.05) is 35.3 Å². The number of H-pyrrole nitrogens is 2. The van der Waals surface area contributed by atoms with Gasteiger partial charge in [0.2, 0.25) is 11.8 Å². The Balaban J connectivity index is 1.75. The van der Waals surface area contributed by atoms with Crippen LogP contribution in [-0.2, 0) is 22.6 Å². The van der Waals surface area contributed by atoms with Crippen molar-refractivity contribution in [3.8, 4) is 0 Å². The minimum Gasteiger partial charge on any atom is -0.368 e. The maximum Gasteiger partial charge on any atom is 0.328 e. The van der Waals surface area contributed by atoms with E-state index in [0.717, 1.165) is 21.0 Å². The Morgan fingerprint density at radius 2 is 2.00 bits per heavy atom. The van der Waals surface area contributed by atoms with Gasteiger partial charge in [-0.3, -0.25) is 23.9 Å². The largest absolute Gasteiger partial charge is 0.368 e. The first kappa shape index (κ1) is 18.2. The number of benzene rings is 1. The van der Waals surface area contributed by atoms with E-state index in [0.29, 0.717) is 5.56 Å². The molecule has 1 aromatic carbocycles. The second kappa shape index (κ2) is 7.32. The lowest BCUT2D eigenvalue weighted by Crippen LogP contribution is -2.47. The van der Waals surface area contributed by atoms with Crippen molar-refractivity contribution in [3.05, 3.63) is 68.6 Å². The second-order valence-electron chi connectivity index (χ2n) is 6.29. The molecule has 1 atom stereocenters. The Kier molecular flexibility index (Phi) is 4.93. The van der Waals surface area contributed by atoms with Crippen LogP contribution in [0.25, 0.3) is 10.9 Å². The Hall–Kier alpha value is -3.62. The Morgan fingerprint density at radius 1 is 1.26 bits per heavy atom. The number of carbonyl (C=O) groups is 2. The standard InChI is InChI=1S/C18H19N5O4/c1-10-8-23(18(27)22-17(10)26)9-15(24)21-14(16(19)25)6-11-7-20-13-5-3-2-4-12(11)13/h2-5,7-8,14,20H,6,9H2,1H3,(H2,19,25)(H,21,24)(H,22,26,27)/t14-/m0/s1. The zero-order chi connectivity index (χ0) is 19.6. The molecule has 3 aromatic rings. The lowest BCUT2D eigenvalue weighted by atomic mass is 10.0. The number of carbonyl (C=O) groups excluding carboxylic acids is 2. The van der Waals surface area contributed by atoms with Crippen LogP contribution in [0.15, 0.2) is 46.2 Å². The third-order valence-electron chi connectivity index (χ3n) is 4.28. The summed E-state index contributed by atoms with van der Waals surface area (Å²) >= 11 is 0. The van der Waals surface area contributed by atoms with Gasteiger partial charge in [-0.05, 0) is 18.6 Å². The molecule has 27 heavy (non-hydrogen) atoms. The van der Waals surface area contributed by atoms with Crippen molar-refractivity contribution in [2.45, 2.75) is 25.9 Å². The van der Waals surface area contributed by atoms with E-state index in [1.807, 2.05) is 24.3 Å². The number of hydrogen-bond acceptors (Lipinski definition) is 4. The van der Waals surface area contributed by atoms with Gasteiger partial charge in [-0.25, -0.2) is 4.79 Å². The molecule has 9 nitrogen and oxygen atoms in total. The third kappa shape index (κ3) is 3.97. The molecule has 2 amide bonds. The fourth-order valence-corrected chi connectivity index (χ4v) is 2.87. The van der Waals surface area contributed by atoms with Gasteiger partial charge < -0.3 is 16.0 Å². The molecule has 3 rings (SSSR count). The number of aryl methyl sites for hydroxylation is 1. The van der Waals surface area contributed by atoms with Gasteiger partial charge in [0.05, 0.1) is 0 Å². The van der Waals surface area contributed by atoms with E-state index in [2.05, 4.69) is 15.3 Å². The quantitative estimate of drug-likeness (QED) is 0.466. The predicted octanol–water partition coefficient (Wildman–Crippen LogP) is -0.461. The Bertz CT molecular complexity index is 1120. The van der Waals surface area contributed by atoms with Crippen molar-refractivity contribution < 1.29 is 9.59 Å². The van der Waals surface area contributed by atoms with Crippen LogP contribution in [0.2, 0.25) is 0 Å². The van der Waals surface area contributed by atoms with Gasteiger partial charge in [-0.1, -0.05) is 18.2 Å². The summed E-state index contributed by atoms with van der Waals surface area (Å²) in [6, 6.07) is 6.64. The number of nitrogens with one attached hydrogen (secondary N) is 3. The molecule has 0 aliphatic heterocycles. The molecule has 140 valence electrons. The number of nitrogens with zero attached hydrogens (tertiary/aromatic N) is 1. The van der Waals surface area contributed by atoms with Crippen LogP contribution >= 0.6 is 0 Å². The molecule has 0 spiro atoms. The SMILES string of the molecule is Cc1cn(CC(=O)N[C@@H](Cc2c[nH]c3ccccc23)C(N)=O)c(=O)[nH]c1=O. The number of rotatable bonds is 6. The van der Waals surface area contributed by atoms with Crippen LogP contribution in [0.3, 0.4) is 0 Å². The summed E-state index contributed by atoms with van der Waals surface area (Å²) in [7, 11) is 0. The number of primary amides is 1. The number of hydrogen-bond donors (Lipinski definition) is 4. The lowest BCUT2D eigenvalue weighted by molar-refractivity contribution is -0.127. The van der Waals surface area contributed by atoms with Crippen molar-refractivity contribution in [1.29, 1.82) is 0 Å². The van der Waals surface area contributed by atoms with Crippen LogP contribution in [0.5, 0.6) is 0 Å². The number of fused-ring (bicyclic) bond motifs is 1. The predicted molar refractivity (Wildman–Crippen MR) is 99.2 cm³/mol. The second-order valence-corrected chi connectivity index (χ2v) is 6.29. The van der Waals surface area contributed by atoms with Crippen LogP contribution in [0, 0.1) is 6.92 Å². The molecule has 0 bridgehead atoms. The molecule has 0 fully saturated rings. The topological polar surface area (TPSA) is 143 Å². The van der Waals surface area contributed by atoms with Gasteiger partial charge in [0.15, 0.2) is 0 Å². The molecule has 2 heterocycles. The van der Waals surface area contributed by atoms with Crippen molar-refractivity contribution >= 4 is 22.7 Å². The van der Waals surface area contributed by atoms with Gasteiger partial charge >= 0.3 is 5.69 Å². The van der Waals surface area contributed by atoms with E-state index in [9.17, 15) is 19.2 Å². The van der Waals surface area contributed by atoms with Crippen molar-refractivity contribution in [2.24, 2.45) is 5.73 Å². The van der Waals surface area contributed by atoms with Gasteiger partial charge in [0.25, 0.3) is 5.56 Å². The number of nitrogens with two attached hydrogens (primary N) is 1. The summed E-state index contributed by atoms with van der Waals surface area (Å²) in [5.41, 5.74) is 6.28. The Labute approximate surface area is 153 Å². The van der Waals surface area contributed by atoms with E-state index in [-0.39, 0.29) is 13.0 Å². The van der Waals surface area contributed by atoms with Gasteiger partial charge in [0.1, 0.15) is 12.6 Å². The highest BCUT2D eigenvalue weighted by Gasteiger charge is 2.20. The lowest BCUT2D eigenvalue weighted by Gasteiger charge is -2.16. The van der Waals surface area contributed by atoms with Crippen molar-refractivity contribution in [1.82, 2.24) is 19.9 Å². The summed E-state index contributed by atoms with van der Waals surface area (Å²) in [5.74, 6) is -1.24. The van der Waals surface area contributed by atoms with E-state index in [1.165, 1.54) is 13.1 Å². The number of amides is 2. The van der Waals surface area contributed by atoms with E-state index >= 15 is 0 Å². The monoisotopic (exact) mass is 369 g/mol. The first-order chi connectivity index (χ1) is 12.8. The van der Waals surface area contributed by atoms with Gasteiger partial charge in [-0.2, -0.15) is 0 Å². The minimum absolute atomic E-state index is 0.213. The van der Waals surface area contributed by atoms with Crippen molar-refractivity contribution in [3.63, 3.8) is 0 Å². The third-order valence-corrected chi connectivity index (χ3v) is 4.28. The zero-order valence-corrected chi connectivity index (χ0v) is 14.6. The minimum atomic E-state index is -0.934. The maximum absolute atomic E-state index is 12.3. The molecule has 9 heteroatoms. The Morgan fingerprint density at radius 3 is 2.74 bits per heavy atom. The molecule has 2 aromatic heterocycles. The highest BCUT2D eigenvalue weighted by Crippen LogP contribution is 2.19. The molecule has 0 saturated heterocycles. The number of para-hydroxylation sites is 1. The molecule has 5 N–H and O–H groups in total. The summed E-state index contributed by atoms with van der Waals surface area (Å²) in [6.07, 6.45) is 3.27. The van der Waals surface area contributed by atoms with E-state index < -0.39 is 29.1 Å². The number of aromatic nitrogens is 3. The molecule has 0 aliphatic rings. The summed E-state index contributed by atoms with van der Waals surface area (Å²) in [4.78, 5) is 52.5. The molecule has 0 radical (unpaired) electrons. The molecular formula is C18H19N5O4.